The standard InChI is InChI=1S/C9H8ClF2NO2/c10-4-6-5(9(11)12)1-2-13-7(6)3-8(14)15/h1-2,9H,3-4H2,(H,14,15). The monoisotopic (exact) mass is 235 g/mol. The second-order valence-corrected chi connectivity index (χ2v) is 3.10. The summed E-state index contributed by atoms with van der Waals surface area (Å²) in [5.41, 5.74) is -0.0527. The Morgan fingerprint density at radius 3 is 2.73 bits per heavy atom. The van der Waals surface area contributed by atoms with E-state index in [1.807, 2.05) is 0 Å². The fourth-order valence-corrected chi connectivity index (χ4v) is 1.52. The molecule has 0 saturated heterocycles. The number of hydrogen-bond acceptors (Lipinski definition) is 2. The first-order valence-corrected chi connectivity index (χ1v) is 4.62. The van der Waals surface area contributed by atoms with E-state index in [0.29, 0.717) is 0 Å². The van der Waals surface area contributed by atoms with Crippen molar-refractivity contribution in [2.24, 2.45) is 0 Å². The number of pyridine rings is 1. The van der Waals surface area contributed by atoms with Crippen LogP contribution in [0.25, 0.3) is 0 Å². The van der Waals surface area contributed by atoms with Gasteiger partial charge in [0, 0.05) is 17.6 Å². The van der Waals surface area contributed by atoms with E-state index in [9.17, 15) is 13.6 Å². The molecule has 1 aromatic heterocycles. The summed E-state index contributed by atoms with van der Waals surface area (Å²) < 4.78 is 25.0. The van der Waals surface area contributed by atoms with E-state index >= 15 is 0 Å². The van der Waals surface area contributed by atoms with Gasteiger partial charge >= 0.3 is 5.97 Å². The number of nitrogens with zero attached hydrogens (tertiary/aromatic N) is 1. The zero-order chi connectivity index (χ0) is 11.4. The van der Waals surface area contributed by atoms with Crippen molar-refractivity contribution < 1.29 is 18.7 Å². The molecule has 0 unspecified atom stereocenters. The third-order valence-electron chi connectivity index (χ3n) is 1.87. The van der Waals surface area contributed by atoms with Gasteiger partial charge < -0.3 is 5.11 Å². The molecule has 15 heavy (non-hydrogen) atoms. The van der Waals surface area contributed by atoms with Crippen LogP contribution in [0.3, 0.4) is 0 Å². The van der Waals surface area contributed by atoms with Crippen molar-refractivity contribution in [1.82, 2.24) is 4.98 Å². The molecule has 1 aromatic rings. The van der Waals surface area contributed by atoms with Gasteiger partial charge in [-0.2, -0.15) is 0 Å². The summed E-state index contributed by atoms with van der Waals surface area (Å²) in [6.45, 7) is 0. The average Bonchev–Trinajstić information content (AvgIpc) is 2.16. The molecule has 1 N–H and O–H groups in total. The van der Waals surface area contributed by atoms with Gasteiger partial charge in [-0.25, -0.2) is 8.78 Å². The molecule has 0 aromatic carbocycles. The fraction of sp³-hybridized carbons (Fsp3) is 0.333. The summed E-state index contributed by atoms with van der Waals surface area (Å²) in [7, 11) is 0. The molecule has 0 aliphatic rings. The lowest BCUT2D eigenvalue weighted by Gasteiger charge is -2.09. The number of hydrogen-bond donors (Lipinski definition) is 1. The van der Waals surface area contributed by atoms with Crippen LogP contribution < -0.4 is 0 Å². The number of aliphatic carboxylic acids is 1. The number of carboxylic acids is 1. The van der Waals surface area contributed by atoms with Crippen LogP contribution in [0.15, 0.2) is 12.3 Å². The number of halogens is 3. The highest BCUT2D eigenvalue weighted by Crippen LogP contribution is 2.25. The van der Waals surface area contributed by atoms with E-state index in [0.717, 1.165) is 12.3 Å². The largest absolute Gasteiger partial charge is 0.481 e. The zero-order valence-corrected chi connectivity index (χ0v) is 8.34. The molecule has 82 valence electrons. The molecule has 6 heteroatoms. The molecule has 3 nitrogen and oxygen atoms in total. The highest BCUT2D eigenvalue weighted by molar-refractivity contribution is 6.17. The molecular weight excluding hydrogens is 228 g/mol. The van der Waals surface area contributed by atoms with E-state index in [1.165, 1.54) is 0 Å². The van der Waals surface area contributed by atoms with E-state index in [-0.39, 0.29) is 22.7 Å². The van der Waals surface area contributed by atoms with Crippen LogP contribution in [0, 0.1) is 0 Å². The summed E-state index contributed by atoms with van der Waals surface area (Å²) in [4.78, 5) is 14.2. The lowest BCUT2D eigenvalue weighted by Crippen LogP contribution is -2.07. The quantitative estimate of drug-likeness (QED) is 0.816. The van der Waals surface area contributed by atoms with Crippen LogP contribution in [-0.2, 0) is 17.1 Å². The Labute approximate surface area is 89.7 Å². The minimum absolute atomic E-state index is 0.0929. The smallest absolute Gasteiger partial charge is 0.309 e. The van der Waals surface area contributed by atoms with Crippen LogP contribution in [0.1, 0.15) is 23.2 Å². The molecule has 1 heterocycles. The molecular formula is C9H8ClF2NO2. The fourth-order valence-electron chi connectivity index (χ4n) is 1.21. The Hall–Kier alpha value is -1.23. The first-order chi connectivity index (χ1) is 7.06. The second-order valence-electron chi connectivity index (χ2n) is 2.83. The maximum atomic E-state index is 12.5. The summed E-state index contributed by atoms with van der Waals surface area (Å²) in [5.74, 6) is -1.30. The van der Waals surface area contributed by atoms with E-state index in [1.54, 1.807) is 0 Å². The lowest BCUT2D eigenvalue weighted by atomic mass is 10.1. The van der Waals surface area contributed by atoms with Crippen molar-refractivity contribution >= 4 is 17.6 Å². The maximum Gasteiger partial charge on any atom is 0.309 e. The molecule has 0 aliphatic carbocycles. The minimum Gasteiger partial charge on any atom is -0.481 e. The molecule has 0 bridgehead atoms. The SMILES string of the molecule is O=C(O)Cc1nccc(C(F)F)c1CCl. The first-order valence-electron chi connectivity index (χ1n) is 4.08. The van der Waals surface area contributed by atoms with Gasteiger partial charge in [-0.05, 0) is 11.6 Å². The second kappa shape index (κ2) is 5.02. The van der Waals surface area contributed by atoms with Crippen molar-refractivity contribution in [2.75, 3.05) is 0 Å². The van der Waals surface area contributed by atoms with Gasteiger partial charge in [0.25, 0.3) is 6.43 Å². The van der Waals surface area contributed by atoms with E-state index in [2.05, 4.69) is 4.98 Å². The van der Waals surface area contributed by atoms with Crippen molar-refractivity contribution in [1.29, 1.82) is 0 Å². The van der Waals surface area contributed by atoms with Gasteiger partial charge in [-0.3, -0.25) is 9.78 Å². The Bertz CT molecular complexity index is 371. The normalized spacial score (nSPS) is 10.7. The predicted octanol–water partition coefficient (Wildman–Crippen LogP) is 2.39. The van der Waals surface area contributed by atoms with Crippen molar-refractivity contribution in [3.8, 4) is 0 Å². The Balaban J connectivity index is 3.15. The Morgan fingerprint density at radius 1 is 1.60 bits per heavy atom. The van der Waals surface area contributed by atoms with Crippen LogP contribution >= 0.6 is 11.6 Å². The average molecular weight is 236 g/mol. The highest BCUT2D eigenvalue weighted by Gasteiger charge is 2.17. The van der Waals surface area contributed by atoms with Gasteiger partial charge in [0.15, 0.2) is 0 Å². The predicted molar refractivity (Wildman–Crippen MR) is 50.1 cm³/mol. The van der Waals surface area contributed by atoms with Gasteiger partial charge in [0.1, 0.15) is 0 Å². The van der Waals surface area contributed by atoms with Crippen LogP contribution in [0.5, 0.6) is 0 Å². The minimum atomic E-state index is -2.67. The Morgan fingerprint density at radius 2 is 2.27 bits per heavy atom. The van der Waals surface area contributed by atoms with Crippen molar-refractivity contribution in [2.45, 2.75) is 18.7 Å². The maximum absolute atomic E-state index is 12.5. The number of alkyl halides is 3. The highest BCUT2D eigenvalue weighted by atomic mass is 35.5. The van der Waals surface area contributed by atoms with E-state index in [4.69, 9.17) is 16.7 Å². The van der Waals surface area contributed by atoms with Crippen LogP contribution in [0.4, 0.5) is 8.78 Å². The molecule has 0 amide bonds. The summed E-state index contributed by atoms with van der Waals surface area (Å²) in [6, 6.07) is 1.15. The molecule has 0 radical (unpaired) electrons. The number of aromatic nitrogens is 1. The topological polar surface area (TPSA) is 50.2 Å². The summed E-state index contributed by atoms with van der Waals surface area (Å²) in [5, 5.41) is 8.55. The Kier molecular flexibility index (Phi) is 3.96. The summed E-state index contributed by atoms with van der Waals surface area (Å²) in [6.07, 6.45) is -1.91. The van der Waals surface area contributed by atoms with Gasteiger partial charge in [0.05, 0.1) is 12.1 Å². The zero-order valence-electron chi connectivity index (χ0n) is 7.58. The molecule has 0 spiro atoms. The van der Waals surface area contributed by atoms with Gasteiger partial charge in [-0.15, -0.1) is 11.6 Å². The molecule has 0 saturated carbocycles. The number of carbonyl (C=O) groups is 1. The number of rotatable bonds is 4. The molecule has 0 atom stereocenters. The third kappa shape index (κ3) is 2.86. The first kappa shape index (κ1) is 11.8. The van der Waals surface area contributed by atoms with Crippen molar-refractivity contribution in [3.05, 3.63) is 29.1 Å². The lowest BCUT2D eigenvalue weighted by molar-refractivity contribution is -0.136. The molecule has 0 fully saturated rings. The molecule has 0 aliphatic heterocycles. The molecule has 1 rings (SSSR count). The van der Waals surface area contributed by atoms with Gasteiger partial charge in [-0.1, -0.05) is 0 Å². The third-order valence-corrected chi connectivity index (χ3v) is 2.14. The van der Waals surface area contributed by atoms with Crippen LogP contribution in [-0.4, -0.2) is 16.1 Å². The van der Waals surface area contributed by atoms with Crippen molar-refractivity contribution in [3.63, 3.8) is 0 Å². The van der Waals surface area contributed by atoms with E-state index < -0.39 is 18.8 Å². The number of carboxylic acid groups (broad SMARTS) is 1. The van der Waals surface area contributed by atoms with Crippen LogP contribution in [0.2, 0.25) is 0 Å². The van der Waals surface area contributed by atoms with Gasteiger partial charge in [0.2, 0.25) is 0 Å². The summed E-state index contributed by atoms with van der Waals surface area (Å²) >= 11 is 5.50.